The third-order valence-electron chi connectivity index (χ3n) is 6.56. The summed E-state index contributed by atoms with van der Waals surface area (Å²) in [5.41, 5.74) is 4.06. The maximum Gasteiger partial charge on any atom is 0.255 e. The van der Waals surface area contributed by atoms with Crippen LogP contribution in [0.15, 0.2) is 54.6 Å². The van der Waals surface area contributed by atoms with E-state index in [-0.39, 0.29) is 11.7 Å². The second kappa shape index (κ2) is 9.39. The molecule has 8 nitrogen and oxygen atoms in total. The molecule has 0 bridgehead atoms. The number of ether oxygens (including phenoxy) is 2. The molecule has 3 aromatic rings. The molecular formula is C26H29N3O5S. The predicted octanol–water partition coefficient (Wildman–Crippen LogP) is 3.15. The monoisotopic (exact) mass is 495 g/mol. The zero-order valence-electron chi connectivity index (χ0n) is 19.9. The molecule has 35 heavy (non-hydrogen) atoms. The summed E-state index contributed by atoms with van der Waals surface area (Å²) in [4.78, 5) is 15.1. The lowest BCUT2D eigenvalue weighted by atomic mass is 10.2. The van der Waals surface area contributed by atoms with Crippen molar-refractivity contribution in [2.24, 2.45) is 0 Å². The number of carbonyl (C=O) groups excluding carboxylic acids is 1. The van der Waals surface area contributed by atoms with E-state index in [1.54, 1.807) is 4.90 Å². The first-order valence-electron chi connectivity index (χ1n) is 11.7. The fourth-order valence-electron chi connectivity index (χ4n) is 4.76. The van der Waals surface area contributed by atoms with E-state index in [4.69, 9.17) is 9.47 Å². The second-order valence-corrected chi connectivity index (χ2v) is 10.9. The molecule has 3 heterocycles. The molecule has 0 N–H and O–H groups in total. The largest absolute Gasteiger partial charge is 0.486 e. The summed E-state index contributed by atoms with van der Waals surface area (Å²) in [6.45, 7) is 6.25. The number of piperazine rings is 1. The molecule has 2 aliphatic heterocycles. The van der Waals surface area contributed by atoms with Crippen LogP contribution in [-0.4, -0.2) is 67.5 Å². The molecule has 1 aromatic heterocycles. The molecule has 184 valence electrons. The average Bonchev–Trinajstić information content (AvgIpc) is 3.17. The Hall–Kier alpha value is -3.30. The highest BCUT2D eigenvalue weighted by Crippen LogP contribution is 2.33. The van der Waals surface area contributed by atoms with Crippen LogP contribution in [0.4, 0.5) is 0 Å². The van der Waals surface area contributed by atoms with Crippen molar-refractivity contribution < 1.29 is 22.7 Å². The highest BCUT2D eigenvalue weighted by Gasteiger charge is 2.30. The van der Waals surface area contributed by atoms with Gasteiger partial charge in [0, 0.05) is 49.3 Å². The first-order chi connectivity index (χ1) is 16.8. The molecule has 0 unspecified atom stereocenters. The maximum atomic E-state index is 13.4. The van der Waals surface area contributed by atoms with Gasteiger partial charge in [-0.1, -0.05) is 30.3 Å². The van der Waals surface area contributed by atoms with Gasteiger partial charge >= 0.3 is 0 Å². The van der Waals surface area contributed by atoms with Gasteiger partial charge in [-0.3, -0.25) is 4.79 Å². The molecule has 0 aliphatic carbocycles. The molecule has 0 spiro atoms. The number of rotatable bonds is 5. The van der Waals surface area contributed by atoms with Crippen molar-refractivity contribution in [2.75, 3.05) is 39.4 Å². The first kappa shape index (κ1) is 23.4. The minimum atomic E-state index is -3.44. The third kappa shape index (κ3) is 4.66. The van der Waals surface area contributed by atoms with Crippen molar-refractivity contribution in [3.05, 3.63) is 77.1 Å². The lowest BCUT2D eigenvalue weighted by molar-refractivity contribution is 0.0697. The number of fused-ring (bicyclic) bond motifs is 1. The summed E-state index contributed by atoms with van der Waals surface area (Å²) < 4.78 is 40.6. The predicted molar refractivity (Wildman–Crippen MR) is 133 cm³/mol. The molecule has 2 aromatic carbocycles. The third-order valence-corrected chi connectivity index (χ3v) is 8.41. The van der Waals surface area contributed by atoms with E-state index in [0.717, 1.165) is 28.4 Å². The van der Waals surface area contributed by atoms with E-state index in [1.165, 1.54) is 4.31 Å². The highest BCUT2D eigenvalue weighted by atomic mass is 32.2. The van der Waals surface area contributed by atoms with E-state index >= 15 is 0 Å². The van der Waals surface area contributed by atoms with Crippen LogP contribution in [0.25, 0.3) is 5.69 Å². The van der Waals surface area contributed by atoms with Crippen LogP contribution in [0.3, 0.4) is 0 Å². The van der Waals surface area contributed by atoms with Gasteiger partial charge in [0.05, 0.1) is 11.3 Å². The molecule has 0 atom stereocenters. The Kier molecular flexibility index (Phi) is 6.29. The van der Waals surface area contributed by atoms with Gasteiger partial charge in [0.1, 0.15) is 13.2 Å². The number of aromatic nitrogens is 1. The molecule has 2 aliphatic rings. The van der Waals surface area contributed by atoms with E-state index in [0.29, 0.717) is 50.7 Å². The Labute approximate surface area is 205 Å². The quantitative estimate of drug-likeness (QED) is 0.543. The molecule has 0 saturated carbocycles. The van der Waals surface area contributed by atoms with Crippen LogP contribution < -0.4 is 9.47 Å². The molecule has 1 fully saturated rings. The molecule has 5 rings (SSSR count). The van der Waals surface area contributed by atoms with Crippen LogP contribution in [-0.2, 0) is 15.8 Å². The van der Waals surface area contributed by atoms with Gasteiger partial charge in [-0.15, -0.1) is 0 Å². The van der Waals surface area contributed by atoms with E-state index in [9.17, 15) is 13.2 Å². The number of carbonyl (C=O) groups is 1. The van der Waals surface area contributed by atoms with Gasteiger partial charge in [0.2, 0.25) is 10.0 Å². The topological polar surface area (TPSA) is 81.1 Å². The highest BCUT2D eigenvalue weighted by molar-refractivity contribution is 7.88. The Morgan fingerprint density at radius 2 is 1.57 bits per heavy atom. The molecule has 1 amide bonds. The van der Waals surface area contributed by atoms with Crippen LogP contribution in [0, 0.1) is 13.8 Å². The summed E-state index contributed by atoms with van der Waals surface area (Å²) >= 11 is 0. The number of aryl methyl sites for hydroxylation is 1. The van der Waals surface area contributed by atoms with Gasteiger partial charge in [-0.05, 0) is 37.6 Å². The molecule has 9 heteroatoms. The Bertz CT molecular complexity index is 1340. The number of nitrogens with zero attached hydrogens (tertiary/aromatic N) is 3. The Morgan fingerprint density at radius 3 is 2.29 bits per heavy atom. The summed E-state index contributed by atoms with van der Waals surface area (Å²) in [6, 6.07) is 16.8. The molecule has 0 radical (unpaired) electrons. The number of sulfonamides is 1. The lowest BCUT2D eigenvalue weighted by Gasteiger charge is -2.34. The summed E-state index contributed by atoms with van der Waals surface area (Å²) in [5.74, 6) is 1.31. The van der Waals surface area contributed by atoms with Crippen molar-refractivity contribution in [1.82, 2.24) is 13.8 Å². The standard InChI is InChI=1S/C26H29N3O5S/c1-19-16-23(20(2)29(19)22-8-9-24-25(17-22)34-15-14-33-24)26(30)27-10-12-28(13-11-27)35(31,32)18-21-6-4-3-5-7-21/h3-9,16-17H,10-15,18H2,1-2H3. The zero-order chi connectivity index (χ0) is 24.6. The summed E-state index contributed by atoms with van der Waals surface area (Å²) in [7, 11) is -3.44. The first-order valence-corrected chi connectivity index (χ1v) is 13.3. The number of amides is 1. The minimum absolute atomic E-state index is 0.0293. The van der Waals surface area contributed by atoms with Crippen molar-refractivity contribution in [3.63, 3.8) is 0 Å². The van der Waals surface area contributed by atoms with Gasteiger partial charge < -0.3 is 18.9 Å². The van der Waals surface area contributed by atoms with Gasteiger partial charge in [-0.2, -0.15) is 4.31 Å². The van der Waals surface area contributed by atoms with Crippen molar-refractivity contribution in [3.8, 4) is 17.2 Å². The van der Waals surface area contributed by atoms with Gasteiger partial charge in [0.25, 0.3) is 5.91 Å². The van der Waals surface area contributed by atoms with Crippen LogP contribution >= 0.6 is 0 Å². The Balaban J connectivity index is 1.30. The maximum absolute atomic E-state index is 13.4. The summed E-state index contributed by atoms with van der Waals surface area (Å²) in [5, 5.41) is 0. The van der Waals surface area contributed by atoms with Crippen molar-refractivity contribution in [1.29, 1.82) is 0 Å². The van der Waals surface area contributed by atoms with Crippen molar-refractivity contribution >= 4 is 15.9 Å². The Morgan fingerprint density at radius 1 is 0.886 bits per heavy atom. The fraction of sp³-hybridized carbons (Fsp3) is 0.346. The fourth-order valence-corrected chi connectivity index (χ4v) is 6.28. The van der Waals surface area contributed by atoms with Gasteiger partial charge in [-0.25, -0.2) is 8.42 Å². The van der Waals surface area contributed by atoms with E-state index in [1.807, 2.05) is 73.0 Å². The normalized spacial score (nSPS) is 16.3. The van der Waals surface area contributed by atoms with Gasteiger partial charge in [0.15, 0.2) is 11.5 Å². The number of hydrogen-bond acceptors (Lipinski definition) is 5. The molecular weight excluding hydrogens is 466 g/mol. The smallest absolute Gasteiger partial charge is 0.255 e. The average molecular weight is 496 g/mol. The summed E-state index contributed by atoms with van der Waals surface area (Å²) in [6.07, 6.45) is 0. The number of benzene rings is 2. The van der Waals surface area contributed by atoms with Crippen molar-refractivity contribution in [2.45, 2.75) is 19.6 Å². The second-order valence-electron chi connectivity index (χ2n) is 8.88. The van der Waals surface area contributed by atoms with E-state index < -0.39 is 10.0 Å². The number of hydrogen-bond donors (Lipinski definition) is 0. The SMILES string of the molecule is Cc1cc(C(=O)N2CCN(S(=O)(=O)Cc3ccccc3)CC2)c(C)n1-c1ccc2c(c1)OCCO2. The zero-order valence-corrected chi connectivity index (χ0v) is 20.8. The van der Waals surface area contributed by atoms with Crippen LogP contribution in [0.2, 0.25) is 0 Å². The van der Waals surface area contributed by atoms with Crippen LogP contribution in [0.1, 0.15) is 27.3 Å². The van der Waals surface area contributed by atoms with E-state index in [2.05, 4.69) is 0 Å². The van der Waals surface area contributed by atoms with Crippen LogP contribution in [0.5, 0.6) is 11.5 Å². The minimum Gasteiger partial charge on any atom is -0.486 e. The lowest BCUT2D eigenvalue weighted by Crippen LogP contribution is -2.50. The molecule has 1 saturated heterocycles.